The monoisotopic (exact) mass is 447 g/mol. The molecule has 8 nitrogen and oxygen atoms in total. The van der Waals surface area contributed by atoms with E-state index in [4.69, 9.17) is 10.5 Å². The van der Waals surface area contributed by atoms with Gasteiger partial charge in [0, 0.05) is 30.4 Å². The van der Waals surface area contributed by atoms with Gasteiger partial charge in [0.05, 0.1) is 0 Å². The highest BCUT2D eigenvalue weighted by Gasteiger charge is 2.32. The van der Waals surface area contributed by atoms with E-state index in [1.807, 2.05) is 6.07 Å². The van der Waals surface area contributed by atoms with Crippen LogP contribution in [0.25, 0.3) is 0 Å². The number of anilines is 2. The minimum Gasteiger partial charge on any atom is -0.487 e. The summed E-state index contributed by atoms with van der Waals surface area (Å²) in [5, 5.41) is 0. The first-order chi connectivity index (χ1) is 14.8. The van der Waals surface area contributed by atoms with Crippen molar-refractivity contribution < 1.29 is 21.9 Å². The number of nitrogen functional groups attached to an aromatic ring is 1. The average molecular weight is 447 g/mol. The fourth-order valence-electron chi connectivity index (χ4n) is 3.66. The van der Waals surface area contributed by atoms with Gasteiger partial charge >= 0.3 is 0 Å². The summed E-state index contributed by atoms with van der Waals surface area (Å²) in [5.74, 6) is -2.23. The Labute approximate surface area is 177 Å². The molecule has 0 bridgehead atoms. The molecule has 162 valence electrons. The molecule has 3 aromatic rings. The maximum absolute atomic E-state index is 14.7. The van der Waals surface area contributed by atoms with Crippen molar-refractivity contribution in [2.45, 2.75) is 36.2 Å². The molecule has 1 aliphatic rings. The van der Waals surface area contributed by atoms with Gasteiger partial charge < -0.3 is 10.5 Å². The molecular formula is C20H19F2N5O3S. The van der Waals surface area contributed by atoms with Crippen molar-refractivity contribution in [2.75, 3.05) is 10.5 Å². The Morgan fingerprint density at radius 1 is 1.06 bits per heavy atom. The van der Waals surface area contributed by atoms with Gasteiger partial charge in [0.25, 0.3) is 10.0 Å². The van der Waals surface area contributed by atoms with Gasteiger partial charge in [-0.25, -0.2) is 32.2 Å². The molecule has 1 saturated carbocycles. The summed E-state index contributed by atoms with van der Waals surface area (Å²) < 4.78 is 62.1. The summed E-state index contributed by atoms with van der Waals surface area (Å²) in [7, 11) is -4.40. The number of hydrogen-bond donors (Lipinski definition) is 2. The fraction of sp³-hybridized carbons (Fsp3) is 0.250. The standard InChI is InChI=1S/C20H19F2N5O3S/c21-14-10-18(31(28,29)27-20-5-6-24-11-26-20)15(22)9-17(14)30-16-3-1-2-13(16)12-4-7-25-19(23)8-12/h4-11,13,16H,1-3H2,(H2,23,25)(H,24,26,27)/t13-,16+/m1/s1. The molecule has 0 aliphatic heterocycles. The SMILES string of the molecule is Nc1cc([C@H]2CCC[C@@H]2Oc2cc(F)c(S(=O)(=O)Nc3ccncn3)cc2F)ccn1. The molecule has 4 rings (SSSR count). The van der Waals surface area contributed by atoms with Crippen molar-refractivity contribution in [3.05, 3.63) is 66.3 Å². The quantitative estimate of drug-likeness (QED) is 0.595. The molecule has 1 aliphatic carbocycles. The molecule has 2 aromatic heterocycles. The molecule has 2 atom stereocenters. The third-order valence-corrected chi connectivity index (χ3v) is 6.43. The second kappa shape index (κ2) is 8.42. The predicted octanol–water partition coefficient (Wildman–Crippen LogP) is 3.25. The van der Waals surface area contributed by atoms with E-state index in [-0.39, 0.29) is 17.5 Å². The zero-order valence-corrected chi connectivity index (χ0v) is 17.0. The van der Waals surface area contributed by atoms with Crippen LogP contribution in [0.1, 0.15) is 30.7 Å². The lowest BCUT2D eigenvalue weighted by Gasteiger charge is -2.22. The first kappa shape index (κ1) is 20.9. The van der Waals surface area contributed by atoms with Gasteiger partial charge in [-0.1, -0.05) is 0 Å². The van der Waals surface area contributed by atoms with Crippen molar-refractivity contribution in [3.63, 3.8) is 0 Å². The van der Waals surface area contributed by atoms with Gasteiger partial charge in [0.1, 0.15) is 34.8 Å². The van der Waals surface area contributed by atoms with Crippen LogP contribution in [0.4, 0.5) is 20.4 Å². The lowest BCUT2D eigenvalue weighted by Crippen LogP contribution is -2.21. The van der Waals surface area contributed by atoms with Crippen LogP contribution in [0.5, 0.6) is 5.75 Å². The largest absolute Gasteiger partial charge is 0.487 e. The van der Waals surface area contributed by atoms with E-state index in [1.54, 1.807) is 12.3 Å². The highest BCUT2D eigenvalue weighted by Crippen LogP contribution is 2.38. The minimum absolute atomic E-state index is 0.0596. The van der Waals surface area contributed by atoms with Gasteiger partial charge in [-0.3, -0.25) is 4.72 Å². The first-order valence-corrected chi connectivity index (χ1v) is 11.0. The van der Waals surface area contributed by atoms with E-state index in [0.29, 0.717) is 18.3 Å². The topological polar surface area (TPSA) is 120 Å². The summed E-state index contributed by atoms with van der Waals surface area (Å²) in [4.78, 5) is 10.5. The Balaban J connectivity index is 1.57. The predicted molar refractivity (Wildman–Crippen MR) is 109 cm³/mol. The highest BCUT2D eigenvalue weighted by atomic mass is 32.2. The van der Waals surface area contributed by atoms with Crippen molar-refractivity contribution in [3.8, 4) is 5.75 Å². The molecule has 31 heavy (non-hydrogen) atoms. The number of sulfonamides is 1. The summed E-state index contributed by atoms with van der Waals surface area (Å²) in [6, 6.07) is 6.18. The molecule has 0 saturated heterocycles. The van der Waals surface area contributed by atoms with Crippen molar-refractivity contribution in [2.24, 2.45) is 0 Å². The third-order valence-electron chi connectivity index (χ3n) is 5.06. The number of pyridine rings is 1. The third kappa shape index (κ3) is 4.55. The van der Waals surface area contributed by atoms with E-state index in [2.05, 4.69) is 19.7 Å². The molecule has 0 spiro atoms. The smallest absolute Gasteiger partial charge is 0.266 e. The number of nitrogens with two attached hydrogens (primary N) is 1. The summed E-state index contributed by atoms with van der Waals surface area (Å²) in [6.45, 7) is 0. The van der Waals surface area contributed by atoms with Crippen LogP contribution < -0.4 is 15.2 Å². The number of halogens is 2. The molecule has 1 fully saturated rings. The van der Waals surface area contributed by atoms with Crippen molar-refractivity contribution in [1.29, 1.82) is 0 Å². The van der Waals surface area contributed by atoms with E-state index in [0.717, 1.165) is 30.8 Å². The Morgan fingerprint density at radius 3 is 2.65 bits per heavy atom. The van der Waals surface area contributed by atoms with Gasteiger partial charge in [0.2, 0.25) is 0 Å². The van der Waals surface area contributed by atoms with Crippen LogP contribution in [0.2, 0.25) is 0 Å². The Bertz CT molecular complexity index is 1190. The fourth-order valence-corrected chi connectivity index (χ4v) is 4.74. The zero-order chi connectivity index (χ0) is 22.0. The van der Waals surface area contributed by atoms with Crippen molar-refractivity contribution in [1.82, 2.24) is 15.0 Å². The average Bonchev–Trinajstić information content (AvgIpc) is 3.19. The number of hydrogen-bond acceptors (Lipinski definition) is 7. The van der Waals surface area contributed by atoms with Crippen LogP contribution in [-0.4, -0.2) is 29.5 Å². The summed E-state index contributed by atoms with van der Waals surface area (Å²) in [6.07, 6.45) is 5.91. The summed E-state index contributed by atoms with van der Waals surface area (Å²) >= 11 is 0. The van der Waals surface area contributed by atoms with E-state index >= 15 is 0 Å². The normalized spacial score (nSPS) is 18.6. The van der Waals surface area contributed by atoms with E-state index in [1.165, 1.54) is 12.3 Å². The Kier molecular flexibility index (Phi) is 5.68. The maximum atomic E-state index is 14.7. The number of rotatable bonds is 6. The van der Waals surface area contributed by atoms with Crippen LogP contribution in [0.15, 0.2) is 53.9 Å². The van der Waals surface area contributed by atoms with Crippen LogP contribution in [0.3, 0.4) is 0 Å². The molecule has 1 aromatic carbocycles. The first-order valence-electron chi connectivity index (χ1n) is 9.49. The number of nitrogens with one attached hydrogen (secondary N) is 1. The number of ether oxygens (including phenoxy) is 1. The number of aromatic nitrogens is 3. The summed E-state index contributed by atoms with van der Waals surface area (Å²) in [5.41, 5.74) is 6.66. The van der Waals surface area contributed by atoms with Crippen LogP contribution in [-0.2, 0) is 10.0 Å². The van der Waals surface area contributed by atoms with E-state index < -0.39 is 32.7 Å². The van der Waals surface area contributed by atoms with Crippen LogP contribution >= 0.6 is 0 Å². The molecule has 0 unspecified atom stereocenters. The van der Waals surface area contributed by atoms with Gasteiger partial charge in [0.15, 0.2) is 11.6 Å². The van der Waals surface area contributed by atoms with Crippen molar-refractivity contribution >= 4 is 21.7 Å². The number of nitrogens with zero attached hydrogens (tertiary/aromatic N) is 3. The van der Waals surface area contributed by atoms with E-state index in [9.17, 15) is 17.2 Å². The molecule has 3 N–H and O–H groups in total. The maximum Gasteiger partial charge on any atom is 0.266 e. The molecular weight excluding hydrogens is 428 g/mol. The van der Waals surface area contributed by atoms with Gasteiger partial charge in [-0.15, -0.1) is 0 Å². The molecule has 0 amide bonds. The van der Waals surface area contributed by atoms with Gasteiger partial charge in [-0.05, 0) is 43.0 Å². The van der Waals surface area contributed by atoms with Gasteiger partial charge in [-0.2, -0.15) is 0 Å². The highest BCUT2D eigenvalue weighted by molar-refractivity contribution is 7.92. The second-order valence-corrected chi connectivity index (χ2v) is 8.77. The Hall–Kier alpha value is -3.34. The lowest BCUT2D eigenvalue weighted by atomic mass is 9.96. The zero-order valence-electron chi connectivity index (χ0n) is 16.2. The molecule has 11 heteroatoms. The number of benzene rings is 1. The minimum atomic E-state index is -4.40. The second-order valence-electron chi connectivity index (χ2n) is 7.12. The van der Waals surface area contributed by atoms with Crippen LogP contribution in [0, 0.1) is 11.6 Å². The molecule has 0 radical (unpaired) electrons. The molecule has 2 heterocycles. The lowest BCUT2D eigenvalue weighted by molar-refractivity contribution is 0.181. The Morgan fingerprint density at radius 2 is 1.90 bits per heavy atom.